The minimum absolute atomic E-state index is 0.248. The highest BCUT2D eigenvalue weighted by Gasteiger charge is 2.30. The van der Waals surface area contributed by atoms with Crippen LogP contribution in [0.2, 0.25) is 0 Å². The Kier molecular flexibility index (Phi) is 5.22. The van der Waals surface area contributed by atoms with Crippen molar-refractivity contribution in [1.29, 1.82) is 0 Å². The Hall–Kier alpha value is -0.550. The fourth-order valence-electron chi connectivity index (χ4n) is 1.80. The minimum Gasteiger partial charge on any atom is -0.316 e. The standard InChI is InChI=1S/C13H17BrF3N/c1-8(2)12(18-3)6-9-4-5-10(7-11(9)14)13(15,16)17/h4-5,7-8,12,18H,6H2,1-3H3. The number of likely N-dealkylation sites (N-methyl/N-ethyl adjacent to an activating group) is 1. The first-order valence-corrected chi connectivity index (χ1v) is 6.58. The van der Waals surface area contributed by atoms with Gasteiger partial charge in [-0.2, -0.15) is 13.2 Å². The molecule has 0 aromatic heterocycles. The summed E-state index contributed by atoms with van der Waals surface area (Å²) in [6.07, 6.45) is -3.59. The second kappa shape index (κ2) is 6.06. The lowest BCUT2D eigenvalue weighted by Gasteiger charge is -2.21. The number of hydrogen-bond acceptors (Lipinski definition) is 1. The first kappa shape index (κ1) is 15.5. The highest BCUT2D eigenvalue weighted by Crippen LogP contribution is 2.32. The second-order valence-corrected chi connectivity index (χ2v) is 5.50. The fourth-order valence-corrected chi connectivity index (χ4v) is 2.34. The fraction of sp³-hybridized carbons (Fsp3) is 0.538. The summed E-state index contributed by atoms with van der Waals surface area (Å²) in [4.78, 5) is 0. The Bertz CT molecular complexity index is 402. The van der Waals surface area contributed by atoms with Crippen molar-refractivity contribution in [3.8, 4) is 0 Å². The zero-order chi connectivity index (χ0) is 13.9. The van der Waals surface area contributed by atoms with Crippen molar-refractivity contribution >= 4 is 15.9 Å². The molecule has 1 aromatic carbocycles. The third-order valence-corrected chi connectivity index (χ3v) is 3.73. The second-order valence-electron chi connectivity index (χ2n) is 4.65. The molecule has 0 aliphatic heterocycles. The van der Waals surface area contributed by atoms with Crippen LogP contribution in [0, 0.1) is 5.92 Å². The van der Waals surface area contributed by atoms with Gasteiger partial charge in [0.2, 0.25) is 0 Å². The zero-order valence-corrected chi connectivity index (χ0v) is 12.2. The maximum Gasteiger partial charge on any atom is 0.416 e. The molecule has 0 aliphatic carbocycles. The Morgan fingerprint density at radius 3 is 2.28 bits per heavy atom. The molecule has 1 atom stereocenters. The molecular weight excluding hydrogens is 307 g/mol. The van der Waals surface area contributed by atoms with Crippen LogP contribution in [0.15, 0.2) is 22.7 Å². The molecule has 0 saturated heterocycles. The van der Waals surface area contributed by atoms with E-state index in [1.165, 1.54) is 0 Å². The van der Waals surface area contributed by atoms with Gasteiger partial charge in [0.25, 0.3) is 0 Å². The van der Waals surface area contributed by atoms with E-state index in [0.29, 0.717) is 16.8 Å². The number of alkyl halides is 3. The summed E-state index contributed by atoms with van der Waals surface area (Å²) in [7, 11) is 1.86. The number of rotatable bonds is 4. The maximum absolute atomic E-state index is 12.5. The summed E-state index contributed by atoms with van der Waals surface area (Å²) in [6.45, 7) is 4.16. The van der Waals surface area contributed by atoms with Crippen LogP contribution in [0.4, 0.5) is 13.2 Å². The van der Waals surface area contributed by atoms with Gasteiger partial charge in [-0.3, -0.25) is 0 Å². The monoisotopic (exact) mass is 323 g/mol. The first-order chi connectivity index (χ1) is 8.25. The predicted molar refractivity (Wildman–Crippen MR) is 70.5 cm³/mol. The summed E-state index contributed by atoms with van der Waals surface area (Å²) >= 11 is 3.22. The van der Waals surface area contributed by atoms with E-state index >= 15 is 0 Å². The molecule has 0 aliphatic rings. The van der Waals surface area contributed by atoms with Crippen LogP contribution in [0.25, 0.3) is 0 Å². The van der Waals surface area contributed by atoms with E-state index < -0.39 is 11.7 Å². The number of benzene rings is 1. The number of hydrogen-bond donors (Lipinski definition) is 1. The molecule has 0 radical (unpaired) electrons. The largest absolute Gasteiger partial charge is 0.416 e. The Balaban J connectivity index is 2.93. The van der Waals surface area contributed by atoms with Crippen molar-refractivity contribution in [2.75, 3.05) is 7.05 Å². The Labute approximate surface area is 114 Å². The Morgan fingerprint density at radius 1 is 1.28 bits per heavy atom. The van der Waals surface area contributed by atoms with Crippen LogP contribution in [-0.4, -0.2) is 13.1 Å². The van der Waals surface area contributed by atoms with E-state index in [2.05, 4.69) is 35.1 Å². The lowest BCUT2D eigenvalue weighted by Crippen LogP contribution is -2.32. The van der Waals surface area contributed by atoms with Crippen molar-refractivity contribution < 1.29 is 13.2 Å². The molecule has 1 N–H and O–H groups in total. The smallest absolute Gasteiger partial charge is 0.316 e. The summed E-state index contributed by atoms with van der Waals surface area (Å²) < 4.78 is 38.1. The van der Waals surface area contributed by atoms with Crippen LogP contribution in [-0.2, 0) is 12.6 Å². The van der Waals surface area contributed by atoms with Gasteiger partial charge in [0, 0.05) is 10.5 Å². The topological polar surface area (TPSA) is 12.0 Å². The molecule has 0 bridgehead atoms. The van der Waals surface area contributed by atoms with Crippen molar-refractivity contribution in [3.63, 3.8) is 0 Å². The number of nitrogens with one attached hydrogen (secondary N) is 1. The summed E-state index contributed by atoms with van der Waals surface area (Å²) in [5.41, 5.74) is 0.264. The molecule has 0 heterocycles. The van der Waals surface area contributed by atoms with Crippen LogP contribution in [0.1, 0.15) is 25.0 Å². The van der Waals surface area contributed by atoms with E-state index in [1.807, 2.05) is 7.05 Å². The maximum atomic E-state index is 12.5. The molecule has 0 amide bonds. The van der Waals surface area contributed by atoms with E-state index in [-0.39, 0.29) is 6.04 Å². The van der Waals surface area contributed by atoms with Gasteiger partial charge >= 0.3 is 6.18 Å². The van der Waals surface area contributed by atoms with E-state index in [4.69, 9.17) is 0 Å². The van der Waals surface area contributed by atoms with Crippen LogP contribution in [0.3, 0.4) is 0 Å². The molecule has 5 heteroatoms. The highest BCUT2D eigenvalue weighted by atomic mass is 79.9. The third kappa shape index (κ3) is 3.99. The van der Waals surface area contributed by atoms with E-state index in [1.54, 1.807) is 6.07 Å². The van der Waals surface area contributed by atoms with Crippen molar-refractivity contribution in [2.45, 2.75) is 32.5 Å². The van der Waals surface area contributed by atoms with Gasteiger partial charge in [-0.15, -0.1) is 0 Å². The predicted octanol–water partition coefficient (Wildman–Crippen LogP) is 4.25. The summed E-state index contributed by atoms with van der Waals surface area (Å²) in [6, 6.07) is 4.06. The quantitative estimate of drug-likeness (QED) is 0.873. The molecule has 1 nitrogen and oxygen atoms in total. The van der Waals surface area contributed by atoms with Crippen molar-refractivity contribution in [1.82, 2.24) is 5.32 Å². The van der Waals surface area contributed by atoms with Crippen molar-refractivity contribution in [3.05, 3.63) is 33.8 Å². The van der Waals surface area contributed by atoms with Gasteiger partial charge < -0.3 is 5.32 Å². The van der Waals surface area contributed by atoms with E-state index in [0.717, 1.165) is 17.7 Å². The molecule has 18 heavy (non-hydrogen) atoms. The molecule has 1 unspecified atom stereocenters. The summed E-state index contributed by atoms with van der Waals surface area (Å²) in [5.74, 6) is 0.421. The van der Waals surface area contributed by atoms with Gasteiger partial charge in [-0.1, -0.05) is 35.8 Å². The average Bonchev–Trinajstić information content (AvgIpc) is 2.25. The van der Waals surface area contributed by atoms with Gasteiger partial charge in [0.1, 0.15) is 0 Å². The minimum atomic E-state index is -4.29. The van der Waals surface area contributed by atoms with Gasteiger partial charge in [0.05, 0.1) is 5.56 Å². The Morgan fingerprint density at radius 2 is 1.89 bits per heavy atom. The van der Waals surface area contributed by atoms with E-state index in [9.17, 15) is 13.2 Å². The number of halogens is 4. The van der Waals surface area contributed by atoms with Crippen LogP contribution >= 0.6 is 15.9 Å². The molecule has 0 saturated carbocycles. The molecule has 1 rings (SSSR count). The third-order valence-electron chi connectivity index (χ3n) is 3.00. The van der Waals surface area contributed by atoms with Gasteiger partial charge in [0.15, 0.2) is 0 Å². The molecular formula is C13H17BrF3N. The summed E-state index contributed by atoms with van der Waals surface area (Å²) in [5, 5.41) is 3.18. The normalized spacial score (nSPS) is 14.0. The molecule has 0 spiro atoms. The zero-order valence-electron chi connectivity index (χ0n) is 10.6. The van der Waals surface area contributed by atoms with Crippen molar-refractivity contribution in [2.24, 2.45) is 5.92 Å². The van der Waals surface area contributed by atoms with Gasteiger partial charge in [-0.25, -0.2) is 0 Å². The van der Waals surface area contributed by atoms with Crippen LogP contribution < -0.4 is 5.32 Å². The average molecular weight is 324 g/mol. The lowest BCUT2D eigenvalue weighted by atomic mass is 9.96. The molecule has 1 aromatic rings. The SMILES string of the molecule is CNC(Cc1ccc(C(F)(F)F)cc1Br)C(C)C. The first-order valence-electron chi connectivity index (χ1n) is 5.78. The van der Waals surface area contributed by atoms with Gasteiger partial charge in [-0.05, 0) is 37.1 Å². The van der Waals surface area contributed by atoms with Crippen LogP contribution in [0.5, 0.6) is 0 Å². The lowest BCUT2D eigenvalue weighted by molar-refractivity contribution is -0.137. The molecule has 0 fully saturated rings. The highest BCUT2D eigenvalue weighted by molar-refractivity contribution is 9.10. The molecule has 102 valence electrons.